The van der Waals surface area contributed by atoms with Gasteiger partial charge in [-0.3, -0.25) is 0 Å². The van der Waals surface area contributed by atoms with Crippen LogP contribution in [0, 0.1) is 5.92 Å². The minimum atomic E-state index is -0.609. The smallest absolute Gasteiger partial charge is 0.0802 e. The van der Waals surface area contributed by atoms with Gasteiger partial charge in [0.15, 0.2) is 0 Å². The molecule has 1 saturated carbocycles. The molecule has 0 heterocycles. The molecule has 0 spiro atoms. The highest BCUT2D eigenvalue weighted by atomic mass is 16.3. The van der Waals surface area contributed by atoms with Crippen molar-refractivity contribution in [3.8, 4) is 0 Å². The van der Waals surface area contributed by atoms with Crippen LogP contribution in [0.3, 0.4) is 0 Å². The third kappa shape index (κ3) is 1.41. The summed E-state index contributed by atoms with van der Waals surface area (Å²) in [5, 5.41) is 26.5. The van der Waals surface area contributed by atoms with Crippen molar-refractivity contribution in [3.05, 3.63) is 0 Å². The molecule has 0 aromatic rings. The Bertz CT molecular complexity index is 84.3. The number of rotatable bonds is 1. The highest BCUT2D eigenvalue weighted by Gasteiger charge is 2.30. The molecule has 1 rings (SSSR count). The van der Waals surface area contributed by atoms with Crippen LogP contribution in [0.15, 0.2) is 0 Å². The highest BCUT2D eigenvalue weighted by molar-refractivity contribution is 4.81. The maximum atomic E-state index is 8.94. The maximum Gasteiger partial charge on any atom is 0.0802 e. The van der Waals surface area contributed by atoms with Gasteiger partial charge in [0.25, 0.3) is 0 Å². The zero-order valence-electron chi connectivity index (χ0n) is 5.20. The normalized spacial score (nSPS) is 37.7. The van der Waals surface area contributed by atoms with Gasteiger partial charge >= 0.3 is 0 Å². The van der Waals surface area contributed by atoms with E-state index >= 15 is 0 Å². The second-order valence-electron chi connectivity index (χ2n) is 2.65. The monoisotopic (exact) mass is 132 g/mol. The first-order valence-corrected chi connectivity index (χ1v) is 3.21. The van der Waals surface area contributed by atoms with Gasteiger partial charge in [0.05, 0.1) is 12.2 Å². The van der Waals surface area contributed by atoms with E-state index in [0.29, 0.717) is 12.8 Å². The molecule has 0 radical (unpaired) electrons. The van der Waals surface area contributed by atoms with E-state index in [1.54, 1.807) is 0 Å². The largest absolute Gasteiger partial charge is 0.396 e. The molecule has 0 unspecified atom stereocenters. The van der Waals surface area contributed by atoms with Crippen molar-refractivity contribution in [1.29, 1.82) is 0 Å². The second-order valence-corrected chi connectivity index (χ2v) is 2.65. The van der Waals surface area contributed by atoms with E-state index in [2.05, 4.69) is 0 Å². The van der Waals surface area contributed by atoms with Gasteiger partial charge in [0, 0.05) is 6.61 Å². The van der Waals surface area contributed by atoms with E-state index in [0.717, 1.165) is 0 Å². The fourth-order valence-electron chi connectivity index (χ4n) is 1.24. The van der Waals surface area contributed by atoms with Gasteiger partial charge in [-0.2, -0.15) is 0 Å². The van der Waals surface area contributed by atoms with Gasteiger partial charge in [-0.05, 0) is 18.8 Å². The summed E-state index contributed by atoms with van der Waals surface area (Å²) >= 11 is 0. The molecule has 0 bridgehead atoms. The van der Waals surface area contributed by atoms with Crippen LogP contribution in [0.4, 0.5) is 0 Å². The van der Waals surface area contributed by atoms with E-state index in [9.17, 15) is 0 Å². The molecule has 3 nitrogen and oxygen atoms in total. The summed E-state index contributed by atoms with van der Waals surface area (Å²) < 4.78 is 0. The summed E-state index contributed by atoms with van der Waals surface area (Å²) in [6, 6.07) is 0. The fraction of sp³-hybridized carbons (Fsp3) is 1.00. The summed E-state index contributed by atoms with van der Waals surface area (Å²) in [5.41, 5.74) is 0. The number of hydrogen-bond acceptors (Lipinski definition) is 3. The lowest BCUT2D eigenvalue weighted by molar-refractivity contribution is 0.0438. The highest BCUT2D eigenvalue weighted by Crippen LogP contribution is 2.24. The zero-order chi connectivity index (χ0) is 6.85. The Morgan fingerprint density at radius 1 is 1.11 bits per heavy atom. The van der Waals surface area contributed by atoms with Crippen LogP contribution < -0.4 is 0 Å². The molecule has 0 aliphatic heterocycles. The van der Waals surface area contributed by atoms with Crippen LogP contribution in [0.25, 0.3) is 0 Å². The first-order valence-electron chi connectivity index (χ1n) is 3.21. The zero-order valence-corrected chi connectivity index (χ0v) is 5.20. The first kappa shape index (κ1) is 6.99. The van der Waals surface area contributed by atoms with E-state index in [-0.39, 0.29) is 12.5 Å². The van der Waals surface area contributed by atoms with E-state index < -0.39 is 12.2 Å². The van der Waals surface area contributed by atoms with Crippen molar-refractivity contribution in [3.63, 3.8) is 0 Å². The van der Waals surface area contributed by atoms with E-state index in [1.807, 2.05) is 0 Å². The molecule has 0 aromatic heterocycles. The number of aliphatic hydroxyl groups is 3. The maximum absolute atomic E-state index is 8.94. The van der Waals surface area contributed by atoms with Crippen LogP contribution in [0.1, 0.15) is 12.8 Å². The minimum absolute atomic E-state index is 0.0775. The predicted molar refractivity (Wildman–Crippen MR) is 31.8 cm³/mol. The first-order chi connectivity index (χ1) is 4.24. The third-order valence-corrected chi connectivity index (χ3v) is 1.85. The van der Waals surface area contributed by atoms with Crippen molar-refractivity contribution in [2.75, 3.05) is 6.61 Å². The van der Waals surface area contributed by atoms with Crippen LogP contribution >= 0.6 is 0 Å². The summed E-state index contributed by atoms with van der Waals surface area (Å²) in [4.78, 5) is 0. The van der Waals surface area contributed by atoms with Crippen molar-refractivity contribution >= 4 is 0 Å². The molecule has 2 atom stereocenters. The predicted octanol–water partition coefficient (Wildman–Crippen LogP) is -0.890. The van der Waals surface area contributed by atoms with Gasteiger partial charge in [-0.1, -0.05) is 0 Å². The summed E-state index contributed by atoms with van der Waals surface area (Å²) in [5.74, 6) is 0.106. The lowest BCUT2D eigenvalue weighted by atomic mass is 10.1. The molecular weight excluding hydrogens is 120 g/mol. The Labute approximate surface area is 53.9 Å². The quantitative estimate of drug-likeness (QED) is 0.434. The van der Waals surface area contributed by atoms with Crippen molar-refractivity contribution in [2.45, 2.75) is 25.0 Å². The van der Waals surface area contributed by atoms with Crippen molar-refractivity contribution in [1.82, 2.24) is 0 Å². The summed E-state index contributed by atoms with van der Waals surface area (Å²) in [7, 11) is 0. The van der Waals surface area contributed by atoms with Crippen molar-refractivity contribution in [2.24, 2.45) is 5.92 Å². The van der Waals surface area contributed by atoms with Gasteiger partial charge in [0.2, 0.25) is 0 Å². The molecule has 54 valence electrons. The van der Waals surface area contributed by atoms with Crippen LogP contribution in [0.2, 0.25) is 0 Å². The Balaban J connectivity index is 2.35. The Morgan fingerprint density at radius 3 is 1.78 bits per heavy atom. The van der Waals surface area contributed by atoms with Gasteiger partial charge < -0.3 is 15.3 Å². The standard InChI is InChI=1S/C6H12O3/c7-3-4-1-5(8)6(9)2-4/h4-9H,1-3H2/t5-,6-/m0/s1. The topological polar surface area (TPSA) is 60.7 Å². The Morgan fingerprint density at radius 2 is 1.56 bits per heavy atom. The SMILES string of the molecule is OCC1C[C@H](O)[C@@H](O)C1. The average molecular weight is 132 g/mol. The van der Waals surface area contributed by atoms with Crippen LogP contribution in [-0.2, 0) is 0 Å². The molecule has 1 aliphatic carbocycles. The molecule has 1 fully saturated rings. The summed E-state index contributed by atoms with van der Waals surface area (Å²) in [6.07, 6.45) is -0.140. The molecule has 1 aliphatic rings. The number of hydrogen-bond donors (Lipinski definition) is 3. The summed E-state index contributed by atoms with van der Waals surface area (Å²) in [6.45, 7) is 0.0775. The van der Waals surface area contributed by atoms with Crippen molar-refractivity contribution < 1.29 is 15.3 Å². The van der Waals surface area contributed by atoms with Crippen LogP contribution in [0.5, 0.6) is 0 Å². The second kappa shape index (κ2) is 2.64. The fourth-order valence-corrected chi connectivity index (χ4v) is 1.24. The minimum Gasteiger partial charge on any atom is -0.396 e. The average Bonchev–Trinajstić information content (AvgIpc) is 2.13. The molecule has 0 amide bonds. The molecule has 3 heteroatoms. The molecular formula is C6H12O3. The van der Waals surface area contributed by atoms with E-state index in [1.165, 1.54) is 0 Å². The molecule has 0 aromatic carbocycles. The molecule has 3 N–H and O–H groups in total. The van der Waals surface area contributed by atoms with Crippen LogP contribution in [-0.4, -0.2) is 34.1 Å². The molecule has 0 saturated heterocycles. The Hall–Kier alpha value is -0.120. The van der Waals surface area contributed by atoms with Gasteiger partial charge in [-0.25, -0.2) is 0 Å². The number of aliphatic hydroxyl groups excluding tert-OH is 3. The molecule has 9 heavy (non-hydrogen) atoms. The van der Waals surface area contributed by atoms with E-state index in [4.69, 9.17) is 15.3 Å². The Kier molecular flexibility index (Phi) is 2.05. The lowest BCUT2D eigenvalue weighted by Crippen LogP contribution is -2.17. The van der Waals surface area contributed by atoms with Gasteiger partial charge in [0.1, 0.15) is 0 Å². The lowest BCUT2D eigenvalue weighted by Gasteiger charge is -2.03. The van der Waals surface area contributed by atoms with Gasteiger partial charge in [-0.15, -0.1) is 0 Å². The third-order valence-electron chi connectivity index (χ3n) is 1.85.